The zero-order valence-corrected chi connectivity index (χ0v) is 13.1. The van der Waals surface area contributed by atoms with Crippen LogP contribution >= 0.6 is 0 Å². The molecule has 23 heavy (non-hydrogen) atoms. The van der Waals surface area contributed by atoms with Gasteiger partial charge in [-0.05, 0) is 25.2 Å². The minimum absolute atomic E-state index is 0.134. The molecular weight excluding hydrogens is 302 g/mol. The second-order valence-electron chi connectivity index (χ2n) is 6.68. The Balaban J connectivity index is 1.52. The number of nitrogens with one attached hydrogen (secondary N) is 2. The van der Waals surface area contributed by atoms with Crippen LogP contribution in [0, 0.1) is 11.8 Å². The topological polar surface area (TPSA) is 105 Å². The van der Waals surface area contributed by atoms with Crippen molar-refractivity contribution in [1.82, 2.24) is 15.8 Å². The lowest BCUT2D eigenvalue weighted by atomic mass is 9.82. The lowest BCUT2D eigenvalue weighted by molar-refractivity contribution is -0.152. The second-order valence-corrected chi connectivity index (χ2v) is 6.68. The van der Waals surface area contributed by atoms with Crippen LogP contribution in [0.15, 0.2) is 0 Å². The first kappa shape index (κ1) is 15.8. The van der Waals surface area contributed by atoms with Crippen LogP contribution in [0.1, 0.15) is 45.4 Å². The molecule has 0 aromatic heterocycles. The molecule has 2 atom stereocenters. The summed E-state index contributed by atoms with van der Waals surface area (Å²) < 4.78 is 4.90. The third-order valence-corrected chi connectivity index (χ3v) is 4.86. The number of ether oxygens (including phenoxy) is 1. The van der Waals surface area contributed by atoms with Crippen LogP contribution in [0.3, 0.4) is 0 Å². The van der Waals surface area contributed by atoms with Crippen LogP contribution in [0.25, 0.3) is 0 Å². The SMILES string of the molecule is C[C@H]1C[C@H]1C(=O)OCC(=O)NN1C(=O)NC2(CCCCC2)C1=O. The zero-order valence-electron chi connectivity index (χ0n) is 13.1. The monoisotopic (exact) mass is 323 g/mol. The smallest absolute Gasteiger partial charge is 0.344 e. The van der Waals surface area contributed by atoms with Gasteiger partial charge in [0.05, 0.1) is 5.92 Å². The minimum atomic E-state index is -0.886. The van der Waals surface area contributed by atoms with E-state index >= 15 is 0 Å². The van der Waals surface area contributed by atoms with Crippen LogP contribution in [-0.4, -0.2) is 41.0 Å². The molecule has 4 amide bonds. The number of nitrogens with zero attached hydrogens (tertiary/aromatic N) is 1. The molecule has 8 nitrogen and oxygen atoms in total. The summed E-state index contributed by atoms with van der Waals surface area (Å²) in [7, 11) is 0. The van der Waals surface area contributed by atoms with E-state index < -0.39 is 36.0 Å². The summed E-state index contributed by atoms with van der Waals surface area (Å²) in [4.78, 5) is 47.8. The quantitative estimate of drug-likeness (QED) is 0.578. The van der Waals surface area contributed by atoms with Gasteiger partial charge in [0, 0.05) is 0 Å². The molecule has 3 rings (SSSR count). The maximum atomic E-state index is 12.4. The Morgan fingerprint density at radius 2 is 1.96 bits per heavy atom. The lowest BCUT2D eigenvalue weighted by Gasteiger charge is -2.30. The Bertz CT molecular complexity index is 555. The Labute approximate surface area is 133 Å². The average Bonchev–Trinajstić information content (AvgIpc) is 3.22. The van der Waals surface area contributed by atoms with Crippen molar-refractivity contribution in [1.29, 1.82) is 0 Å². The number of hydrogen-bond donors (Lipinski definition) is 2. The van der Waals surface area contributed by atoms with Crippen molar-refractivity contribution in [2.24, 2.45) is 11.8 Å². The van der Waals surface area contributed by atoms with E-state index in [2.05, 4.69) is 10.7 Å². The second kappa shape index (κ2) is 5.82. The Hall–Kier alpha value is -2.12. The van der Waals surface area contributed by atoms with Gasteiger partial charge in [0.2, 0.25) is 0 Å². The normalized spacial score (nSPS) is 28.5. The van der Waals surface area contributed by atoms with Crippen molar-refractivity contribution in [2.45, 2.75) is 51.0 Å². The van der Waals surface area contributed by atoms with Gasteiger partial charge in [-0.15, -0.1) is 0 Å². The van der Waals surface area contributed by atoms with E-state index in [1.165, 1.54) is 0 Å². The first-order chi connectivity index (χ1) is 10.9. The highest BCUT2D eigenvalue weighted by atomic mass is 16.5. The van der Waals surface area contributed by atoms with Crippen molar-refractivity contribution in [3.8, 4) is 0 Å². The number of imide groups is 1. The molecule has 0 aromatic carbocycles. The highest BCUT2D eigenvalue weighted by Gasteiger charge is 2.52. The lowest BCUT2D eigenvalue weighted by Crippen LogP contribution is -2.51. The molecule has 1 aliphatic heterocycles. The Morgan fingerprint density at radius 1 is 1.30 bits per heavy atom. The molecule has 1 spiro atoms. The first-order valence-electron chi connectivity index (χ1n) is 8.06. The molecule has 126 valence electrons. The van der Waals surface area contributed by atoms with Gasteiger partial charge in [-0.1, -0.05) is 26.2 Å². The van der Waals surface area contributed by atoms with E-state index in [0.717, 1.165) is 25.7 Å². The summed E-state index contributed by atoms with van der Waals surface area (Å²) in [5.41, 5.74) is 1.35. The first-order valence-corrected chi connectivity index (χ1v) is 8.06. The zero-order chi connectivity index (χ0) is 16.6. The number of rotatable bonds is 4. The number of hydrazine groups is 1. The van der Waals surface area contributed by atoms with Gasteiger partial charge < -0.3 is 10.1 Å². The summed E-state index contributed by atoms with van der Waals surface area (Å²) in [6.07, 6.45) is 4.70. The molecule has 1 saturated heterocycles. The van der Waals surface area contributed by atoms with Crippen LogP contribution in [-0.2, 0) is 19.1 Å². The highest BCUT2D eigenvalue weighted by Crippen LogP contribution is 2.38. The molecule has 0 bridgehead atoms. The summed E-state index contributed by atoms with van der Waals surface area (Å²) in [5, 5.41) is 3.40. The average molecular weight is 323 g/mol. The standard InChI is InChI=1S/C15H21N3O5/c1-9-7-10(9)12(20)23-8-11(19)17-18-13(21)15(16-14(18)22)5-3-2-4-6-15/h9-10H,2-8H2,1H3,(H,16,22)(H,17,19)/t9-,10+/m0/s1. The van der Waals surface area contributed by atoms with Gasteiger partial charge in [0.1, 0.15) is 5.54 Å². The van der Waals surface area contributed by atoms with Crippen molar-refractivity contribution < 1.29 is 23.9 Å². The van der Waals surface area contributed by atoms with Crippen LogP contribution in [0.2, 0.25) is 0 Å². The van der Waals surface area contributed by atoms with E-state index in [1.54, 1.807) is 0 Å². The van der Waals surface area contributed by atoms with Gasteiger partial charge in [-0.3, -0.25) is 19.8 Å². The molecule has 3 fully saturated rings. The number of urea groups is 1. The van der Waals surface area contributed by atoms with Crippen molar-refractivity contribution in [3.05, 3.63) is 0 Å². The summed E-state index contributed by atoms with van der Waals surface area (Å²) >= 11 is 0. The molecule has 1 heterocycles. The summed E-state index contributed by atoms with van der Waals surface area (Å²) in [6.45, 7) is 1.44. The van der Waals surface area contributed by atoms with Crippen molar-refractivity contribution in [3.63, 3.8) is 0 Å². The molecular formula is C15H21N3O5. The Morgan fingerprint density at radius 3 is 2.57 bits per heavy atom. The van der Waals surface area contributed by atoms with E-state index in [1.807, 2.05) is 6.92 Å². The maximum Gasteiger partial charge on any atom is 0.344 e. The molecule has 0 radical (unpaired) electrons. The van der Waals surface area contributed by atoms with Crippen molar-refractivity contribution in [2.75, 3.05) is 6.61 Å². The van der Waals surface area contributed by atoms with E-state index in [-0.39, 0.29) is 5.92 Å². The number of esters is 1. The number of carbonyl (C=O) groups excluding carboxylic acids is 4. The van der Waals surface area contributed by atoms with Crippen LogP contribution < -0.4 is 10.7 Å². The third kappa shape index (κ3) is 3.02. The fourth-order valence-corrected chi connectivity index (χ4v) is 3.27. The summed E-state index contributed by atoms with van der Waals surface area (Å²) in [6, 6.07) is -0.632. The Kier molecular flexibility index (Phi) is 3.99. The van der Waals surface area contributed by atoms with E-state index in [0.29, 0.717) is 23.8 Å². The molecule has 3 aliphatic rings. The largest absolute Gasteiger partial charge is 0.455 e. The predicted molar refractivity (Wildman–Crippen MR) is 77.6 cm³/mol. The predicted octanol–water partition coefficient (Wildman–Crippen LogP) is 0.471. The van der Waals surface area contributed by atoms with Crippen molar-refractivity contribution >= 4 is 23.8 Å². The molecule has 8 heteroatoms. The number of amides is 4. The fraction of sp³-hybridized carbons (Fsp3) is 0.733. The van der Waals surface area contributed by atoms with Crippen LogP contribution in [0.4, 0.5) is 4.79 Å². The van der Waals surface area contributed by atoms with Gasteiger partial charge in [-0.25, -0.2) is 4.79 Å². The summed E-state index contributed by atoms with van der Waals surface area (Å²) in [5.74, 6) is -1.37. The molecule has 2 aliphatic carbocycles. The molecule has 2 saturated carbocycles. The fourth-order valence-electron chi connectivity index (χ4n) is 3.27. The van der Waals surface area contributed by atoms with E-state index in [9.17, 15) is 19.2 Å². The van der Waals surface area contributed by atoms with E-state index in [4.69, 9.17) is 4.74 Å². The molecule has 2 N–H and O–H groups in total. The van der Waals surface area contributed by atoms with Gasteiger partial charge in [-0.2, -0.15) is 5.01 Å². The minimum Gasteiger partial charge on any atom is -0.455 e. The van der Waals surface area contributed by atoms with Gasteiger partial charge in [0.15, 0.2) is 6.61 Å². The number of hydrogen-bond acceptors (Lipinski definition) is 5. The highest BCUT2D eigenvalue weighted by molar-refractivity contribution is 6.08. The third-order valence-electron chi connectivity index (χ3n) is 4.86. The number of carbonyl (C=O) groups is 4. The maximum absolute atomic E-state index is 12.4. The van der Waals surface area contributed by atoms with Crippen LogP contribution in [0.5, 0.6) is 0 Å². The van der Waals surface area contributed by atoms with Gasteiger partial charge >= 0.3 is 12.0 Å². The van der Waals surface area contributed by atoms with Gasteiger partial charge in [0.25, 0.3) is 11.8 Å². The molecule has 0 aromatic rings. The molecule has 0 unspecified atom stereocenters.